The van der Waals surface area contributed by atoms with Gasteiger partial charge in [-0.15, -0.1) is 11.3 Å². The van der Waals surface area contributed by atoms with Crippen LogP contribution in [0.25, 0.3) is 21.3 Å². The largest absolute Gasteiger partial charge is 0.496 e. The zero-order valence-corrected chi connectivity index (χ0v) is 22.8. The number of aliphatic hydroxyl groups excluding tert-OH is 1. The Morgan fingerprint density at radius 2 is 1.89 bits per heavy atom. The van der Waals surface area contributed by atoms with Gasteiger partial charge in [0.15, 0.2) is 0 Å². The average molecular weight is 542 g/mol. The minimum Gasteiger partial charge on any atom is -0.496 e. The summed E-state index contributed by atoms with van der Waals surface area (Å²) in [7, 11) is 1.62. The number of aliphatic hydroxyl groups is 1. The highest BCUT2D eigenvalue weighted by molar-refractivity contribution is 7.17. The number of hydrogen-bond acceptors (Lipinski definition) is 7. The van der Waals surface area contributed by atoms with Gasteiger partial charge in [0.25, 0.3) is 5.56 Å². The van der Waals surface area contributed by atoms with E-state index >= 15 is 0 Å². The van der Waals surface area contributed by atoms with Crippen molar-refractivity contribution in [1.29, 1.82) is 0 Å². The molecule has 1 atom stereocenters. The second-order valence-corrected chi connectivity index (χ2v) is 10.7. The van der Waals surface area contributed by atoms with Gasteiger partial charge >= 0.3 is 0 Å². The second-order valence-electron chi connectivity index (χ2n) is 9.38. The molecule has 9 heteroatoms. The van der Waals surface area contributed by atoms with E-state index in [0.717, 1.165) is 24.1 Å². The van der Waals surface area contributed by atoms with E-state index in [1.165, 1.54) is 11.3 Å². The topological polar surface area (TPSA) is 87.7 Å². The third-order valence-electron chi connectivity index (χ3n) is 6.01. The summed E-state index contributed by atoms with van der Waals surface area (Å²) in [6, 6.07) is 14.7. The zero-order valence-electron chi connectivity index (χ0n) is 21.2. The number of H-pyrrole nitrogens is 1. The van der Waals surface area contributed by atoms with E-state index in [-0.39, 0.29) is 12.2 Å². The monoisotopic (exact) mass is 541 g/mol. The molecule has 2 N–H and O–H groups in total. The first-order chi connectivity index (χ1) is 17.8. The molecule has 0 spiro atoms. The maximum atomic E-state index is 13.2. The maximum Gasteiger partial charge on any atom is 0.260 e. The fraction of sp³-hybridized carbons (Fsp3) is 0.357. The number of thiophene rings is 1. The standard InChI is InChI=1S/C28H32ClN3O4S/c1-18(2)12-13-32(14-20(33)16-36-21-10-8-19(29)9-11-21)15-25-30-27(34)26-23(17-37-28(26)31-25)22-6-4-5-7-24(22)35-3/h4-11,17-18,20,33H,12-16H2,1-3H3,(H,30,31,34). The molecule has 0 bridgehead atoms. The Hall–Kier alpha value is -2.91. The highest BCUT2D eigenvalue weighted by atomic mass is 35.5. The molecule has 0 saturated carbocycles. The average Bonchev–Trinajstić information content (AvgIpc) is 3.31. The van der Waals surface area contributed by atoms with Crippen LogP contribution in [0.2, 0.25) is 5.02 Å². The van der Waals surface area contributed by atoms with Gasteiger partial charge in [0.2, 0.25) is 0 Å². The molecule has 0 fully saturated rings. The Labute approximate surface area is 225 Å². The van der Waals surface area contributed by atoms with Crippen LogP contribution >= 0.6 is 22.9 Å². The van der Waals surface area contributed by atoms with Gasteiger partial charge in [0.05, 0.1) is 19.0 Å². The summed E-state index contributed by atoms with van der Waals surface area (Å²) in [5.41, 5.74) is 1.49. The molecule has 0 radical (unpaired) electrons. The van der Waals surface area contributed by atoms with Crippen LogP contribution in [0.1, 0.15) is 26.1 Å². The summed E-state index contributed by atoms with van der Waals surface area (Å²) >= 11 is 7.36. The van der Waals surface area contributed by atoms with Gasteiger partial charge in [-0.3, -0.25) is 9.69 Å². The molecule has 0 aliphatic heterocycles. The predicted octanol–water partition coefficient (Wildman–Crippen LogP) is 5.60. The van der Waals surface area contributed by atoms with Crippen LogP contribution in [0.5, 0.6) is 11.5 Å². The molecule has 37 heavy (non-hydrogen) atoms. The Morgan fingerprint density at radius 3 is 2.62 bits per heavy atom. The first kappa shape index (κ1) is 27.1. The summed E-state index contributed by atoms with van der Waals surface area (Å²) in [6.07, 6.45) is 0.242. The van der Waals surface area contributed by atoms with Crippen LogP contribution in [0.4, 0.5) is 0 Å². The van der Waals surface area contributed by atoms with E-state index in [1.807, 2.05) is 29.6 Å². The number of nitrogens with one attached hydrogen (secondary N) is 1. The van der Waals surface area contributed by atoms with Crippen molar-refractivity contribution in [3.8, 4) is 22.6 Å². The Balaban J connectivity index is 1.51. The van der Waals surface area contributed by atoms with Gasteiger partial charge < -0.3 is 19.6 Å². The minimum atomic E-state index is -0.711. The quantitative estimate of drug-likeness (QED) is 0.243. The van der Waals surface area contributed by atoms with Crippen molar-refractivity contribution in [2.45, 2.75) is 32.9 Å². The lowest BCUT2D eigenvalue weighted by atomic mass is 10.1. The number of para-hydroxylation sites is 1. The molecule has 196 valence electrons. The number of aromatic nitrogens is 2. The van der Waals surface area contributed by atoms with E-state index in [4.69, 9.17) is 26.1 Å². The molecule has 2 aromatic carbocycles. The zero-order chi connectivity index (χ0) is 26.4. The van der Waals surface area contributed by atoms with Crippen molar-refractivity contribution >= 4 is 33.2 Å². The first-order valence-electron chi connectivity index (χ1n) is 12.3. The number of nitrogens with zero attached hydrogens (tertiary/aromatic N) is 2. The number of methoxy groups -OCH3 is 1. The van der Waals surface area contributed by atoms with E-state index in [9.17, 15) is 9.90 Å². The molecule has 2 heterocycles. The van der Waals surface area contributed by atoms with Crippen molar-refractivity contribution in [1.82, 2.24) is 14.9 Å². The van der Waals surface area contributed by atoms with Gasteiger partial charge in [-0.25, -0.2) is 4.98 Å². The minimum absolute atomic E-state index is 0.149. The molecular weight excluding hydrogens is 510 g/mol. The molecule has 7 nitrogen and oxygen atoms in total. The van der Waals surface area contributed by atoms with Crippen LogP contribution in [0.15, 0.2) is 58.7 Å². The molecule has 0 aliphatic carbocycles. The van der Waals surface area contributed by atoms with E-state index in [2.05, 4.69) is 23.7 Å². The van der Waals surface area contributed by atoms with Gasteiger partial charge in [-0.2, -0.15) is 0 Å². The first-order valence-corrected chi connectivity index (χ1v) is 13.5. The van der Waals surface area contributed by atoms with Crippen LogP contribution in [0, 0.1) is 5.92 Å². The number of hydrogen-bond donors (Lipinski definition) is 2. The highest BCUT2D eigenvalue weighted by Crippen LogP contribution is 2.36. The molecule has 4 aromatic rings. The van der Waals surface area contributed by atoms with Crippen molar-refractivity contribution < 1.29 is 14.6 Å². The molecule has 0 aliphatic rings. The second kappa shape index (κ2) is 12.6. The lowest BCUT2D eigenvalue weighted by molar-refractivity contribution is 0.0631. The molecular formula is C28H32ClN3O4S. The molecule has 2 aromatic heterocycles. The number of fused-ring (bicyclic) bond motifs is 1. The van der Waals surface area contributed by atoms with Gasteiger partial charge in [-0.1, -0.05) is 43.6 Å². The van der Waals surface area contributed by atoms with Gasteiger partial charge in [0, 0.05) is 28.1 Å². The van der Waals surface area contributed by atoms with Crippen LogP contribution in [-0.2, 0) is 6.54 Å². The van der Waals surface area contributed by atoms with Crippen molar-refractivity contribution in [3.63, 3.8) is 0 Å². The summed E-state index contributed by atoms with van der Waals surface area (Å²) in [6.45, 7) is 6.03. The predicted molar refractivity (Wildman–Crippen MR) is 150 cm³/mol. The third-order valence-corrected chi connectivity index (χ3v) is 7.14. The third kappa shape index (κ3) is 7.11. The lowest BCUT2D eigenvalue weighted by Gasteiger charge is -2.25. The number of benzene rings is 2. The fourth-order valence-electron chi connectivity index (χ4n) is 4.10. The van der Waals surface area contributed by atoms with Crippen LogP contribution in [-0.4, -0.2) is 52.9 Å². The number of ether oxygens (including phenoxy) is 2. The summed E-state index contributed by atoms with van der Waals surface area (Å²) in [4.78, 5) is 23.7. The Kier molecular flexibility index (Phi) is 9.21. The van der Waals surface area contributed by atoms with Crippen molar-refractivity contribution in [2.24, 2.45) is 5.92 Å². The molecule has 4 rings (SSSR count). The number of aromatic amines is 1. The Morgan fingerprint density at radius 1 is 1.14 bits per heavy atom. The van der Waals surface area contributed by atoms with Crippen LogP contribution in [0.3, 0.4) is 0 Å². The maximum absolute atomic E-state index is 13.2. The summed E-state index contributed by atoms with van der Waals surface area (Å²) in [5, 5.41) is 13.8. The van der Waals surface area contributed by atoms with Gasteiger partial charge in [0.1, 0.15) is 34.9 Å². The van der Waals surface area contributed by atoms with E-state index in [1.54, 1.807) is 31.4 Å². The lowest BCUT2D eigenvalue weighted by Crippen LogP contribution is -2.37. The SMILES string of the molecule is COc1ccccc1-c1csc2nc(CN(CCC(C)C)CC(O)COc3ccc(Cl)cc3)[nH]c(=O)c12. The summed E-state index contributed by atoms with van der Waals surface area (Å²) in [5.74, 6) is 2.43. The van der Waals surface area contributed by atoms with Crippen molar-refractivity contribution in [2.75, 3.05) is 26.8 Å². The number of rotatable bonds is 12. The van der Waals surface area contributed by atoms with Gasteiger partial charge in [-0.05, 0) is 49.2 Å². The number of halogens is 1. The normalized spacial score (nSPS) is 12.4. The summed E-state index contributed by atoms with van der Waals surface area (Å²) < 4.78 is 11.2. The van der Waals surface area contributed by atoms with E-state index in [0.29, 0.717) is 51.6 Å². The molecule has 0 amide bonds. The molecule has 0 saturated heterocycles. The molecule has 1 unspecified atom stereocenters. The van der Waals surface area contributed by atoms with Crippen molar-refractivity contribution in [3.05, 3.63) is 75.1 Å². The fourth-order valence-corrected chi connectivity index (χ4v) is 5.18. The Bertz CT molecular complexity index is 1370. The highest BCUT2D eigenvalue weighted by Gasteiger charge is 2.19. The van der Waals surface area contributed by atoms with E-state index < -0.39 is 6.10 Å². The smallest absolute Gasteiger partial charge is 0.260 e. The van der Waals surface area contributed by atoms with Crippen LogP contribution < -0.4 is 15.0 Å².